The number of hydrogen-bond donors (Lipinski definition) is 1. The number of pyridine rings is 2. The van der Waals surface area contributed by atoms with E-state index in [2.05, 4.69) is 25.1 Å². The van der Waals surface area contributed by atoms with Crippen LogP contribution in [0.2, 0.25) is 0 Å². The monoisotopic (exact) mass is 1120 g/mol. The molecule has 22 heteroatoms. The van der Waals surface area contributed by atoms with Crippen LogP contribution in [-0.2, 0) is 79.6 Å². The number of rotatable bonds is 30. The molecule has 0 unspecified atom stereocenters. The van der Waals surface area contributed by atoms with Crippen molar-refractivity contribution in [2.24, 2.45) is 23.7 Å². The highest BCUT2D eigenvalue weighted by Gasteiger charge is 2.43. The van der Waals surface area contributed by atoms with E-state index in [0.29, 0.717) is 82.3 Å². The third-order valence-electron chi connectivity index (χ3n) is 15.2. The number of morpholine rings is 2. The zero-order valence-electron chi connectivity index (χ0n) is 48.5. The lowest BCUT2D eigenvalue weighted by Crippen LogP contribution is -2.53. The number of hydrogen-bond acceptors (Lipinski definition) is 19. The molecule has 8 atom stereocenters. The van der Waals surface area contributed by atoms with Gasteiger partial charge in [0.05, 0.1) is 26.4 Å². The molecule has 22 nitrogen and oxygen atoms in total. The molecule has 2 saturated heterocycles. The first-order chi connectivity index (χ1) is 38.2. The van der Waals surface area contributed by atoms with Crippen LogP contribution in [0.3, 0.4) is 0 Å². The molecule has 442 valence electrons. The number of anilines is 2. The van der Waals surface area contributed by atoms with Gasteiger partial charge in [0.25, 0.3) is 17.7 Å². The fraction of sp³-hybridized carbons (Fsp3) is 0.690. The lowest BCUT2D eigenvalue weighted by Gasteiger charge is -2.34. The number of likely N-dealkylation sites (N-methyl/N-ethyl adjacent to an activating group) is 4. The largest absolute Gasteiger partial charge is 0.453 e. The molecule has 1 N–H and O–H groups in total. The summed E-state index contributed by atoms with van der Waals surface area (Å²) in [5.41, 5.74) is 1.23. The molecule has 80 heavy (non-hydrogen) atoms. The molecule has 4 fully saturated rings. The Morgan fingerprint density at radius 1 is 0.588 bits per heavy atom. The van der Waals surface area contributed by atoms with Crippen LogP contribution in [0, 0.1) is 23.7 Å². The molecule has 4 aliphatic rings. The Balaban J connectivity index is 1.17. The van der Waals surface area contributed by atoms with Gasteiger partial charge in [0.2, 0.25) is 0 Å². The Kier molecular flexibility index (Phi) is 23.6. The smallest absolute Gasteiger partial charge is 0.329 e. The molecule has 2 aromatic heterocycles. The fourth-order valence-electron chi connectivity index (χ4n) is 9.92. The predicted octanol–water partition coefficient (Wildman–Crippen LogP) is 3.58. The third kappa shape index (κ3) is 18.4. The van der Waals surface area contributed by atoms with Crippen molar-refractivity contribution in [2.45, 2.75) is 154 Å². The van der Waals surface area contributed by atoms with E-state index in [1.165, 1.54) is 44.8 Å². The van der Waals surface area contributed by atoms with E-state index < -0.39 is 90.2 Å². The average Bonchev–Trinajstić information content (AvgIpc) is 4.42. The standard InChI is InChI=1S/C58H86N8O14/c1-36(2)27-45(59-7)55(71)77-38(5)52(68)63(9)48(31-41-13-14-41)58(74)80-49(32-43-16-18-51(61-34-43)66-21-25-76-26-22-66)54(70)64(10)46(28-37(3)4)56(72)78-39(6)53(69)62(8)47(30-40-11-12-40)57(73)79-44(35-67)29-42-15-17-50(60-33-42)65-19-23-75-24-20-65/h15-18,33-41,44-49,59H,11-14,19-32H2,1-10H3/t38-,39-,44-,45+,46+,47+,48+,49-/m1/s1. The number of ether oxygens (including phenoxy) is 6. The molecule has 0 spiro atoms. The molecule has 6 rings (SSSR count). The third-order valence-corrected chi connectivity index (χ3v) is 15.2. The molecule has 3 amide bonds. The van der Waals surface area contributed by atoms with Crippen molar-refractivity contribution in [1.29, 1.82) is 0 Å². The van der Waals surface area contributed by atoms with Crippen LogP contribution in [0.4, 0.5) is 11.6 Å². The maximum Gasteiger partial charge on any atom is 0.329 e. The van der Waals surface area contributed by atoms with Gasteiger partial charge in [-0.1, -0.05) is 65.5 Å². The molecule has 2 aromatic rings. The summed E-state index contributed by atoms with van der Waals surface area (Å²) in [6.45, 7) is 15.5. The van der Waals surface area contributed by atoms with Crippen molar-refractivity contribution >= 4 is 59.5 Å². The number of carbonyl (C=O) groups is 8. The number of esters is 4. The van der Waals surface area contributed by atoms with Crippen molar-refractivity contribution in [1.82, 2.24) is 30.0 Å². The molecular formula is C58H86N8O14. The molecule has 2 aliphatic carbocycles. The maximum atomic E-state index is 15.0. The van der Waals surface area contributed by atoms with E-state index in [1.54, 1.807) is 25.5 Å². The Hall–Kier alpha value is -6.26. The van der Waals surface area contributed by atoms with E-state index in [9.17, 15) is 38.4 Å². The molecule has 0 bridgehead atoms. The number of amides is 3. The summed E-state index contributed by atoms with van der Waals surface area (Å²) < 4.78 is 34.4. The first kappa shape index (κ1) is 62.9. The van der Waals surface area contributed by atoms with Crippen LogP contribution in [0.15, 0.2) is 36.7 Å². The minimum atomic E-state index is -1.53. The number of nitrogens with one attached hydrogen (secondary N) is 1. The van der Waals surface area contributed by atoms with Gasteiger partial charge in [-0.3, -0.25) is 24.0 Å². The van der Waals surface area contributed by atoms with Crippen LogP contribution in [-0.4, -0.2) is 202 Å². The van der Waals surface area contributed by atoms with Gasteiger partial charge < -0.3 is 58.2 Å². The fourth-order valence-corrected chi connectivity index (χ4v) is 9.92. The van der Waals surface area contributed by atoms with Gasteiger partial charge in [-0.25, -0.2) is 24.4 Å². The number of nitrogens with zero attached hydrogens (tertiary/aromatic N) is 7. The van der Waals surface area contributed by atoms with Crippen molar-refractivity contribution < 1.29 is 66.8 Å². The van der Waals surface area contributed by atoms with Crippen LogP contribution in [0.5, 0.6) is 0 Å². The second-order valence-corrected chi connectivity index (χ2v) is 22.7. The van der Waals surface area contributed by atoms with Crippen molar-refractivity contribution in [3.63, 3.8) is 0 Å². The van der Waals surface area contributed by atoms with E-state index >= 15 is 0 Å². The quantitative estimate of drug-likeness (QED) is 0.0667. The Morgan fingerprint density at radius 3 is 1.43 bits per heavy atom. The summed E-state index contributed by atoms with van der Waals surface area (Å²) >= 11 is 0. The molecule has 0 aromatic carbocycles. The Bertz CT molecular complexity index is 2390. The first-order valence-electron chi connectivity index (χ1n) is 28.5. The summed E-state index contributed by atoms with van der Waals surface area (Å²) in [5.74, 6) is -3.50. The maximum absolute atomic E-state index is 15.0. The predicted molar refractivity (Wildman–Crippen MR) is 295 cm³/mol. The van der Waals surface area contributed by atoms with Gasteiger partial charge in [-0.05, 0) is 93.5 Å². The first-order valence-corrected chi connectivity index (χ1v) is 28.5. The molecule has 2 aliphatic heterocycles. The van der Waals surface area contributed by atoms with E-state index in [1.807, 2.05) is 45.9 Å². The molecule has 0 radical (unpaired) electrons. The Morgan fingerprint density at radius 2 is 1.01 bits per heavy atom. The summed E-state index contributed by atoms with van der Waals surface area (Å²) in [7, 11) is 5.92. The van der Waals surface area contributed by atoms with Crippen molar-refractivity contribution in [3.8, 4) is 0 Å². The highest BCUT2D eigenvalue weighted by Crippen LogP contribution is 2.36. The van der Waals surface area contributed by atoms with Crippen LogP contribution >= 0.6 is 0 Å². The van der Waals surface area contributed by atoms with Gasteiger partial charge in [0.1, 0.15) is 35.8 Å². The minimum Gasteiger partial charge on any atom is -0.453 e. The molecule has 4 heterocycles. The SMILES string of the molecule is CN[C@@H](CC(C)C)C(=O)O[C@H](C)C(=O)N(C)[C@@H](CC1CC1)C(=O)O[C@H](Cc1ccc(N2CCOCC2)nc1)C(=O)N(C)[C@@H](CC(C)C)C(=O)O[C@H](C)C(=O)N(C)[C@@H](CC1CC1)C(=O)O[C@@H](C=O)Cc1ccc(N2CCOCC2)nc1. The highest BCUT2D eigenvalue weighted by atomic mass is 16.6. The summed E-state index contributed by atoms with van der Waals surface area (Å²) in [4.78, 5) is 128. The topological polar surface area (TPSA) is 246 Å². The van der Waals surface area contributed by atoms with E-state index in [-0.39, 0.29) is 55.8 Å². The minimum absolute atomic E-state index is 0.0707. The number of aromatic nitrogens is 2. The summed E-state index contributed by atoms with van der Waals surface area (Å²) in [5, 5.41) is 2.95. The van der Waals surface area contributed by atoms with Crippen LogP contribution < -0.4 is 15.1 Å². The van der Waals surface area contributed by atoms with Gasteiger partial charge in [0, 0.05) is 72.6 Å². The number of carbonyl (C=O) groups excluding carboxylic acids is 8. The van der Waals surface area contributed by atoms with Crippen molar-refractivity contribution in [3.05, 3.63) is 47.8 Å². The zero-order chi connectivity index (χ0) is 58.2. The lowest BCUT2D eigenvalue weighted by molar-refractivity contribution is -0.173. The average molecular weight is 1120 g/mol. The number of aldehydes is 1. The van der Waals surface area contributed by atoms with Crippen LogP contribution in [0.1, 0.15) is 104 Å². The van der Waals surface area contributed by atoms with Crippen LogP contribution in [0.25, 0.3) is 0 Å². The zero-order valence-corrected chi connectivity index (χ0v) is 48.5. The van der Waals surface area contributed by atoms with E-state index in [4.69, 9.17) is 28.4 Å². The summed E-state index contributed by atoms with van der Waals surface area (Å²) in [6, 6.07) is 3.11. The van der Waals surface area contributed by atoms with E-state index in [0.717, 1.165) is 36.4 Å². The van der Waals surface area contributed by atoms with Gasteiger partial charge >= 0.3 is 23.9 Å². The Labute approximate surface area is 471 Å². The highest BCUT2D eigenvalue weighted by molar-refractivity contribution is 5.93. The van der Waals surface area contributed by atoms with Gasteiger partial charge in [-0.15, -0.1) is 0 Å². The molecule has 2 saturated carbocycles. The summed E-state index contributed by atoms with van der Waals surface area (Å²) in [6.07, 6.45) is 2.79. The second kappa shape index (κ2) is 30.0. The van der Waals surface area contributed by atoms with Gasteiger partial charge in [0.15, 0.2) is 30.7 Å². The lowest BCUT2D eigenvalue weighted by atomic mass is 10.0. The second-order valence-electron chi connectivity index (χ2n) is 22.7. The van der Waals surface area contributed by atoms with Gasteiger partial charge in [-0.2, -0.15) is 0 Å². The normalized spacial score (nSPS) is 18.6. The van der Waals surface area contributed by atoms with Crippen molar-refractivity contribution in [2.75, 3.05) is 90.6 Å². The molecular weight excluding hydrogens is 1030 g/mol.